The molecule has 2 saturated carbocycles. The molecule has 1 atom stereocenters. The fourth-order valence-corrected chi connectivity index (χ4v) is 3.22. The molecule has 2 N–H and O–H groups in total. The van der Waals surface area contributed by atoms with Crippen molar-refractivity contribution < 1.29 is 4.79 Å². The van der Waals surface area contributed by atoms with Gasteiger partial charge in [-0.3, -0.25) is 4.79 Å². The van der Waals surface area contributed by atoms with E-state index in [1.807, 2.05) is 6.20 Å². The summed E-state index contributed by atoms with van der Waals surface area (Å²) in [5, 5.41) is 3.20. The van der Waals surface area contributed by atoms with Crippen LogP contribution in [0.1, 0.15) is 57.1 Å². The molecule has 1 heterocycles. The van der Waals surface area contributed by atoms with E-state index in [4.69, 9.17) is 0 Å². The van der Waals surface area contributed by atoms with Crippen molar-refractivity contribution >= 4 is 18.3 Å². The minimum absolute atomic E-state index is 0. The van der Waals surface area contributed by atoms with Gasteiger partial charge in [0.1, 0.15) is 0 Å². The zero-order valence-electron chi connectivity index (χ0n) is 12.0. The van der Waals surface area contributed by atoms with Crippen LogP contribution >= 0.6 is 12.4 Å². The highest BCUT2D eigenvalue weighted by atomic mass is 35.5. The molecule has 0 radical (unpaired) electrons. The van der Waals surface area contributed by atoms with Crippen LogP contribution in [0.5, 0.6) is 0 Å². The summed E-state index contributed by atoms with van der Waals surface area (Å²) >= 11 is 0. The second-order valence-corrected chi connectivity index (χ2v) is 6.18. The van der Waals surface area contributed by atoms with Crippen molar-refractivity contribution in [3.05, 3.63) is 18.2 Å². The Kier molecular flexibility index (Phi) is 5.08. The van der Waals surface area contributed by atoms with E-state index in [9.17, 15) is 4.79 Å². The van der Waals surface area contributed by atoms with Crippen LogP contribution in [-0.4, -0.2) is 21.9 Å². The van der Waals surface area contributed by atoms with Gasteiger partial charge < -0.3 is 10.3 Å². The predicted molar refractivity (Wildman–Crippen MR) is 80.9 cm³/mol. The lowest BCUT2D eigenvalue weighted by molar-refractivity contribution is -0.123. The van der Waals surface area contributed by atoms with Gasteiger partial charge >= 0.3 is 0 Å². The number of amides is 1. The molecule has 1 aromatic rings. The van der Waals surface area contributed by atoms with Gasteiger partial charge in [0.15, 0.2) is 0 Å². The molecule has 2 aliphatic rings. The maximum absolute atomic E-state index is 11.8. The van der Waals surface area contributed by atoms with E-state index in [1.165, 1.54) is 31.4 Å². The number of carbonyl (C=O) groups is 1. The second-order valence-electron chi connectivity index (χ2n) is 6.18. The summed E-state index contributed by atoms with van der Waals surface area (Å²) < 4.78 is 0. The number of carbonyl (C=O) groups excluding carboxylic acids is 1. The van der Waals surface area contributed by atoms with Crippen molar-refractivity contribution in [3.63, 3.8) is 0 Å². The van der Waals surface area contributed by atoms with Gasteiger partial charge in [-0.25, -0.2) is 4.98 Å². The molecule has 3 rings (SSSR count). The van der Waals surface area contributed by atoms with Crippen molar-refractivity contribution in [1.29, 1.82) is 0 Å². The van der Waals surface area contributed by atoms with Gasteiger partial charge in [0, 0.05) is 24.1 Å². The van der Waals surface area contributed by atoms with E-state index in [0.717, 1.165) is 12.8 Å². The summed E-state index contributed by atoms with van der Waals surface area (Å²) in [6, 6.07) is 0.327. The van der Waals surface area contributed by atoms with E-state index >= 15 is 0 Å². The van der Waals surface area contributed by atoms with Gasteiger partial charge in [0.05, 0.1) is 12.0 Å². The Hall–Kier alpha value is -1.03. The molecule has 0 aliphatic heterocycles. The highest BCUT2D eigenvalue weighted by Crippen LogP contribution is 2.36. The number of imidazole rings is 1. The van der Waals surface area contributed by atoms with Gasteiger partial charge in [-0.05, 0) is 51.4 Å². The van der Waals surface area contributed by atoms with E-state index < -0.39 is 0 Å². The third-order valence-corrected chi connectivity index (χ3v) is 4.73. The number of H-pyrrole nitrogens is 1. The zero-order valence-corrected chi connectivity index (χ0v) is 12.8. The van der Waals surface area contributed by atoms with Crippen LogP contribution in [0.3, 0.4) is 0 Å². The maximum Gasteiger partial charge on any atom is 0.223 e. The molecule has 2 aliphatic carbocycles. The first-order chi connectivity index (χ1) is 9.24. The number of nitrogens with zero attached hydrogens (tertiary/aromatic N) is 1. The molecule has 1 amide bonds. The Morgan fingerprint density at radius 1 is 1.30 bits per heavy atom. The van der Waals surface area contributed by atoms with E-state index in [0.29, 0.717) is 23.8 Å². The molecule has 0 aromatic carbocycles. The second kappa shape index (κ2) is 6.61. The maximum atomic E-state index is 11.8. The van der Waals surface area contributed by atoms with Crippen LogP contribution < -0.4 is 5.32 Å². The lowest BCUT2D eigenvalue weighted by Crippen LogP contribution is -2.40. The SMILES string of the molecule is C[C@@H](NC(=O)C1CC1)[C@H]1CC[C@H](c2c[nH]cn2)CC1.Cl. The number of nitrogens with one attached hydrogen (secondary N) is 2. The molecule has 0 spiro atoms. The van der Waals surface area contributed by atoms with Crippen LogP contribution in [0.15, 0.2) is 12.5 Å². The fraction of sp³-hybridized carbons (Fsp3) is 0.733. The summed E-state index contributed by atoms with van der Waals surface area (Å²) in [4.78, 5) is 19.2. The first kappa shape index (κ1) is 15.4. The lowest BCUT2D eigenvalue weighted by Gasteiger charge is -2.32. The number of aromatic nitrogens is 2. The van der Waals surface area contributed by atoms with Crippen LogP contribution in [0.2, 0.25) is 0 Å². The predicted octanol–water partition coefficient (Wildman–Crippen LogP) is 3.02. The number of hydrogen-bond donors (Lipinski definition) is 2. The number of halogens is 1. The van der Waals surface area contributed by atoms with Gasteiger partial charge in [0.25, 0.3) is 0 Å². The van der Waals surface area contributed by atoms with E-state index in [2.05, 4.69) is 22.2 Å². The van der Waals surface area contributed by atoms with E-state index in [1.54, 1.807) is 6.33 Å². The first-order valence-corrected chi connectivity index (χ1v) is 7.53. The molecule has 112 valence electrons. The van der Waals surface area contributed by atoms with Crippen molar-refractivity contribution in [2.75, 3.05) is 0 Å². The molecule has 5 heteroatoms. The van der Waals surface area contributed by atoms with Crippen LogP contribution in [0.4, 0.5) is 0 Å². The van der Waals surface area contributed by atoms with Gasteiger partial charge in [0.2, 0.25) is 5.91 Å². The standard InChI is InChI=1S/C15H23N3O.ClH/c1-10(18-15(19)13-6-7-13)11-2-4-12(5-3-11)14-8-16-9-17-14;/h8-13H,2-7H2,1H3,(H,16,17)(H,18,19);1H/t10-,11-,12-;/m1./s1. The Balaban J connectivity index is 0.00000147. The van der Waals surface area contributed by atoms with Gasteiger partial charge in [-0.15, -0.1) is 12.4 Å². The molecule has 0 unspecified atom stereocenters. The fourth-order valence-electron chi connectivity index (χ4n) is 3.22. The number of aromatic amines is 1. The molecule has 1 aromatic heterocycles. The minimum Gasteiger partial charge on any atom is -0.353 e. The van der Waals surface area contributed by atoms with Crippen molar-refractivity contribution in [2.24, 2.45) is 11.8 Å². The summed E-state index contributed by atoms with van der Waals surface area (Å²) in [6.07, 6.45) is 10.7. The number of hydrogen-bond acceptors (Lipinski definition) is 2. The smallest absolute Gasteiger partial charge is 0.223 e. The average Bonchev–Trinajstić information content (AvgIpc) is 3.14. The van der Waals surface area contributed by atoms with E-state index in [-0.39, 0.29) is 18.3 Å². The quantitative estimate of drug-likeness (QED) is 0.897. The Morgan fingerprint density at radius 2 is 2.00 bits per heavy atom. The molecule has 0 bridgehead atoms. The highest BCUT2D eigenvalue weighted by molar-refractivity contribution is 5.85. The normalized spacial score (nSPS) is 27.4. The van der Waals surface area contributed by atoms with Crippen molar-refractivity contribution in [1.82, 2.24) is 15.3 Å². The topological polar surface area (TPSA) is 57.8 Å². The summed E-state index contributed by atoms with van der Waals surface area (Å²) in [5.74, 6) is 1.84. The molecule has 2 fully saturated rings. The largest absolute Gasteiger partial charge is 0.353 e. The molecule has 0 saturated heterocycles. The summed E-state index contributed by atoms with van der Waals surface area (Å²) in [7, 11) is 0. The molecular formula is C15H24ClN3O. The first-order valence-electron chi connectivity index (χ1n) is 7.53. The molecular weight excluding hydrogens is 274 g/mol. The Bertz CT molecular complexity index is 422. The third-order valence-electron chi connectivity index (χ3n) is 4.73. The third kappa shape index (κ3) is 3.54. The monoisotopic (exact) mass is 297 g/mol. The highest BCUT2D eigenvalue weighted by Gasteiger charge is 2.33. The minimum atomic E-state index is 0. The average molecular weight is 298 g/mol. The Labute approximate surface area is 126 Å². The van der Waals surface area contributed by atoms with Crippen LogP contribution in [0, 0.1) is 11.8 Å². The lowest BCUT2D eigenvalue weighted by atomic mass is 9.78. The summed E-state index contributed by atoms with van der Waals surface area (Å²) in [6.45, 7) is 2.17. The number of rotatable bonds is 4. The van der Waals surface area contributed by atoms with Crippen molar-refractivity contribution in [3.8, 4) is 0 Å². The van der Waals surface area contributed by atoms with Crippen LogP contribution in [0.25, 0.3) is 0 Å². The van der Waals surface area contributed by atoms with Gasteiger partial charge in [-0.2, -0.15) is 0 Å². The van der Waals surface area contributed by atoms with Gasteiger partial charge in [-0.1, -0.05) is 0 Å². The molecule has 4 nitrogen and oxygen atoms in total. The van der Waals surface area contributed by atoms with Crippen molar-refractivity contribution in [2.45, 2.75) is 57.4 Å². The molecule has 20 heavy (non-hydrogen) atoms. The Morgan fingerprint density at radius 3 is 2.55 bits per heavy atom. The van der Waals surface area contributed by atoms with Crippen LogP contribution in [-0.2, 0) is 4.79 Å². The zero-order chi connectivity index (χ0) is 13.2. The summed E-state index contributed by atoms with van der Waals surface area (Å²) in [5.41, 5.74) is 1.20.